The zero-order valence-corrected chi connectivity index (χ0v) is 11.5. The molecule has 4 heteroatoms. The predicted octanol–water partition coefficient (Wildman–Crippen LogP) is 4.08. The van der Waals surface area contributed by atoms with E-state index in [9.17, 15) is 0 Å². The van der Waals surface area contributed by atoms with Crippen molar-refractivity contribution in [3.8, 4) is 5.75 Å². The second kappa shape index (κ2) is 4.10. The first-order valence-corrected chi connectivity index (χ1v) is 6.02. The molecule has 0 amide bonds. The molecule has 0 spiro atoms. The third-order valence-electron chi connectivity index (χ3n) is 2.27. The van der Waals surface area contributed by atoms with E-state index in [0.29, 0.717) is 0 Å². The van der Waals surface area contributed by atoms with Gasteiger partial charge >= 0.3 is 0 Å². The first-order valence-electron chi connectivity index (χ1n) is 4.43. The van der Waals surface area contributed by atoms with Crippen LogP contribution in [0.15, 0.2) is 27.3 Å². The van der Waals surface area contributed by atoms with Crippen LogP contribution in [0.5, 0.6) is 5.75 Å². The maximum absolute atomic E-state index is 5.31. The molecule has 15 heavy (non-hydrogen) atoms. The molecule has 0 aliphatic carbocycles. The van der Waals surface area contributed by atoms with Crippen molar-refractivity contribution in [2.45, 2.75) is 6.92 Å². The number of methoxy groups -OCH3 is 1. The summed E-state index contributed by atoms with van der Waals surface area (Å²) in [5, 5.41) is 2.10. The Labute approximate surface area is 105 Å². The van der Waals surface area contributed by atoms with Gasteiger partial charge in [0.25, 0.3) is 0 Å². The first kappa shape index (κ1) is 10.9. The topological polar surface area (TPSA) is 22.1 Å². The predicted molar refractivity (Wildman–Crippen MR) is 68.4 cm³/mol. The van der Waals surface area contributed by atoms with Crippen molar-refractivity contribution >= 4 is 42.6 Å². The monoisotopic (exact) mass is 329 g/mol. The van der Waals surface area contributed by atoms with Crippen molar-refractivity contribution in [1.29, 1.82) is 0 Å². The van der Waals surface area contributed by atoms with E-state index in [2.05, 4.69) is 36.8 Å². The fourth-order valence-electron chi connectivity index (χ4n) is 1.54. The van der Waals surface area contributed by atoms with E-state index in [1.807, 2.05) is 25.1 Å². The van der Waals surface area contributed by atoms with E-state index in [0.717, 1.165) is 31.3 Å². The Bertz CT molecular complexity index is 525. The van der Waals surface area contributed by atoms with Gasteiger partial charge in [0.05, 0.1) is 18.2 Å². The molecule has 0 aliphatic rings. The van der Waals surface area contributed by atoms with E-state index in [4.69, 9.17) is 4.74 Å². The molecular formula is C11H9Br2NO. The quantitative estimate of drug-likeness (QED) is 0.735. The molecule has 2 rings (SSSR count). The van der Waals surface area contributed by atoms with Gasteiger partial charge < -0.3 is 4.74 Å². The first-order chi connectivity index (χ1) is 7.15. The van der Waals surface area contributed by atoms with Crippen LogP contribution in [0.4, 0.5) is 0 Å². The standard InChI is InChI=1S/C11H9Br2NO/c1-6-10(12)7-4-3-5-8(15-2)9(7)11(13)14-6/h3-5H,1-2H3. The number of nitrogens with zero attached hydrogens (tertiary/aromatic N) is 1. The zero-order valence-electron chi connectivity index (χ0n) is 8.34. The number of aromatic nitrogens is 1. The Morgan fingerprint density at radius 2 is 2.00 bits per heavy atom. The normalized spacial score (nSPS) is 10.7. The minimum absolute atomic E-state index is 0.815. The molecule has 0 N–H and O–H groups in total. The van der Waals surface area contributed by atoms with Crippen LogP contribution >= 0.6 is 31.9 Å². The molecule has 0 bridgehead atoms. The summed E-state index contributed by atoms with van der Waals surface area (Å²) >= 11 is 7.00. The summed E-state index contributed by atoms with van der Waals surface area (Å²) in [6, 6.07) is 5.94. The van der Waals surface area contributed by atoms with Gasteiger partial charge in [0.1, 0.15) is 10.4 Å². The van der Waals surface area contributed by atoms with Gasteiger partial charge in [0.15, 0.2) is 0 Å². The van der Waals surface area contributed by atoms with Gasteiger partial charge in [-0.1, -0.05) is 12.1 Å². The van der Waals surface area contributed by atoms with Crippen molar-refractivity contribution < 1.29 is 4.74 Å². The van der Waals surface area contributed by atoms with Crippen LogP contribution in [-0.2, 0) is 0 Å². The van der Waals surface area contributed by atoms with Crippen molar-refractivity contribution in [3.63, 3.8) is 0 Å². The number of benzene rings is 1. The number of hydrogen-bond donors (Lipinski definition) is 0. The molecular weight excluding hydrogens is 322 g/mol. The average molecular weight is 331 g/mol. The Balaban J connectivity index is 2.95. The van der Waals surface area contributed by atoms with Gasteiger partial charge in [-0.25, -0.2) is 4.98 Å². The van der Waals surface area contributed by atoms with Gasteiger partial charge in [0.2, 0.25) is 0 Å². The molecule has 0 saturated heterocycles. The average Bonchev–Trinajstić information content (AvgIpc) is 2.25. The number of ether oxygens (including phenoxy) is 1. The molecule has 0 atom stereocenters. The molecule has 0 unspecified atom stereocenters. The summed E-state index contributed by atoms with van der Waals surface area (Å²) in [5.74, 6) is 0.826. The highest BCUT2D eigenvalue weighted by Crippen LogP contribution is 2.36. The molecule has 1 heterocycles. The zero-order chi connectivity index (χ0) is 11.0. The third-order valence-corrected chi connectivity index (χ3v) is 3.85. The second-order valence-electron chi connectivity index (χ2n) is 3.18. The Kier molecular flexibility index (Phi) is 2.98. The number of halogens is 2. The molecule has 2 nitrogen and oxygen atoms in total. The van der Waals surface area contributed by atoms with Gasteiger partial charge in [0, 0.05) is 9.86 Å². The summed E-state index contributed by atoms with van der Waals surface area (Å²) in [6.45, 7) is 1.97. The Hall–Kier alpha value is -0.610. The summed E-state index contributed by atoms with van der Waals surface area (Å²) in [4.78, 5) is 4.40. The molecule has 0 fully saturated rings. The summed E-state index contributed by atoms with van der Waals surface area (Å²) < 4.78 is 7.14. The molecule has 0 radical (unpaired) electrons. The summed E-state index contributed by atoms with van der Waals surface area (Å²) in [7, 11) is 1.66. The van der Waals surface area contributed by atoms with Gasteiger partial charge in [-0.05, 0) is 44.8 Å². The maximum Gasteiger partial charge on any atom is 0.129 e. The minimum atomic E-state index is 0.815. The SMILES string of the molecule is COc1cccc2c(Br)c(C)nc(Br)c12. The number of aryl methyl sites for hydroxylation is 1. The summed E-state index contributed by atoms with van der Waals surface area (Å²) in [6.07, 6.45) is 0. The van der Waals surface area contributed by atoms with E-state index < -0.39 is 0 Å². The van der Waals surface area contributed by atoms with E-state index in [1.165, 1.54) is 0 Å². The van der Waals surface area contributed by atoms with Crippen LogP contribution in [0.25, 0.3) is 10.8 Å². The van der Waals surface area contributed by atoms with Crippen LogP contribution in [0.2, 0.25) is 0 Å². The van der Waals surface area contributed by atoms with Crippen LogP contribution in [0, 0.1) is 6.92 Å². The maximum atomic E-state index is 5.31. The van der Waals surface area contributed by atoms with Crippen molar-refractivity contribution in [2.24, 2.45) is 0 Å². The van der Waals surface area contributed by atoms with Crippen LogP contribution < -0.4 is 4.74 Å². The van der Waals surface area contributed by atoms with E-state index >= 15 is 0 Å². The lowest BCUT2D eigenvalue weighted by Gasteiger charge is -2.09. The lowest BCUT2D eigenvalue weighted by molar-refractivity contribution is 0.419. The van der Waals surface area contributed by atoms with Gasteiger partial charge in [-0.2, -0.15) is 0 Å². The highest BCUT2D eigenvalue weighted by molar-refractivity contribution is 9.11. The minimum Gasteiger partial charge on any atom is -0.496 e. The molecule has 1 aromatic heterocycles. The van der Waals surface area contributed by atoms with Crippen LogP contribution in [-0.4, -0.2) is 12.1 Å². The Morgan fingerprint density at radius 1 is 1.27 bits per heavy atom. The number of hydrogen-bond acceptors (Lipinski definition) is 2. The lowest BCUT2D eigenvalue weighted by Crippen LogP contribution is -1.91. The number of fused-ring (bicyclic) bond motifs is 1. The fourth-order valence-corrected chi connectivity index (χ4v) is 2.64. The van der Waals surface area contributed by atoms with Crippen molar-refractivity contribution in [1.82, 2.24) is 4.98 Å². The second-order valence-corrected chi connectivity index (χ2v) is 4.73. The number of pyridine rings is 1. The summed E-state index contributed by atoms with van der Waals surface area (Å²) in [5.41, 5.74) is 0.961. The molecule has 0 aliphatic heterocycles. The van der Waals surface area contributed by atoms with E-state index in [1.54, 1.807) is 7.11 Å². The van der Waals surface area contributed by atoms with E-state index in [-0.39, 0.29) is 0 Å². The highest BCUT2D eigenvalue weighted by atomic mass is 79.9. The van der Waals surface area contributed by atoms with Gasteiger partial charge in [-0.3, -0.25) is 0 Å². The van der Waals surface area contributed by atoms with Crippen molar-refractivity contribution in [2.75, 3.05) is 7.11 Å². The Morgan fingerprint density at radius 3 is 2.67 bits per heavy atom. The lowest BCUT2D eigenvalue weighted by atomic mass is 10.1. The van der Waals surface area contributed by atoms with Crippen LogP contribution in [0.1, 0.15) is 5.69 Å². The van der Waals surface area contributed by atoms with Crippen LogP contribution in [0.3, 0.4) is 0 Å². The molecule has 2 aromatic rings. The number of rotatable bonds is 1. The molecule has 0 saturated carbocycles. The highest BCUT2D eigenvalue weighted by Gasteiger charge is 2.11. The van der Waals surface area contributed by atoms with Gasteiger partial charge in [-0.15, -0.1) is 0 Å². The fraction of sp³-hybridized carbons (Fsp3) is 0.182. The van der Waals surface area contributed by atoms with Crippen molar-refractivity contribution in [3.05, 3.63) is 33.0 Å². The smallest absolute Gasteiger partial charge is 0.129 e. The molecule has 1 aromatic carbocycles. The molecule has 78 valence electrons. The largest absolute Gasteiger partial charge is 0.496 e. The third kappa shape index (κ3) is 1.76.